The highest BCUT2D eigenvalue weighted by Gasteiger charge is 2.35. The molecule has 6 rings (SSSR count). The summed E-state index contributed by atoms with van der Waals surface area (Å²) >= 11 is 12.0. The number of piperazine rings is 1. The largest absolute Gasteiger partial charge is 0.368 e. The number of thiocarbonyl (C=S) groups is 1. The molecule has 3 heterocycles. The van der Waals surface area contributed by atoms with Crippen molar-refractivity contribution in [1.82, 2.24) is 15.3 Å². The van der Waals surface area contributed by atoms with Gasteiger partial charge in [0, 0.05) is 68.0 Å². The van der Waals surface area contributed by atoms with Gasteiger partial charge >= 0.3 is 0 Å². The standard InChI is InChI=1S/C34H44ClN7S/c1-25-20-26(2)23-42(22-25)31-21-30(41-18-16-40(17-19-41)29-8-4-3-5-9-29)37-32(38-31)39-33(43)36-24-34(14-6-7-15-34)27-10-12-28(35)13-11-27/h3-5,8-13,21,25-26H,6-7,14-20,22-24H2,1-2H3,(H2,36,37,38,39,43)/t25-,26-/m1/s1. The first-order chi connectivity index (χ1) is 20.9. The predicted molar refractivity (Wildman–Crippen MR) is 184 cm³/mol. The second kappa shape index (κ2) is 13.3. The number of halogens is 1. The number of piperidine rings is 1. The van der Waals surface area contributed by atoms with Gasteiger partial charge in [0.1, 0.15) is 11.6 Å². The van der Waals surface area contributed by atoms with Crippen LogP contribution in [0.2, 0.25) is 5.02 Å². The van der Waals surface area contributed by atoms with Gasteiger partial charge in [-0.15, -0.1) is 0 Å². The van der Waals surface area contributed by atoms with E-state index in [1.807, 2.05) is 12.1 Å². The Morgan fingerprint density at radius 2 is 1.47 bits per heavy atom. The average Bonchev–Trinajstić information content (AvgIpc) is 3.50. The van der Waals surface area contributed by atoms with Crippen LogP contribution in [-0.2, 0) is 5.41 Å². The van der Waals surface area contributed by atoms with Gasteiger partial charge in [0.25, 0.3) is 0 Å². The Balaban J connectivity index is 1.18. The molecule has 228 valence electrons. The van der Waals surface area contributed by atoms with E-state index in [0.29, 0.717) is 22.9 Å². The molecular weight excluding hydrogens is 574 g/mol. The van der Waals surface area contributed by atoms with E-state index in [1.165, 1.54) is 30.5 Å². The van der Waals surface area contributed by atoms with Crippen LogP contribution in [0.5, 0.6) is 0 Å². The summed E-state index contributed by atoms with van der Waals surface area (Å²) in [4.78, 5) is 17.3. The number of para-hydroxylation sites is 1. The fourth-order valence-corrected chi connectivity index (χ4v) is 7.59. The molecule has 9 heteroatoms. The van der Waals surface area contributed by atoms with Crippen LogP contribution in [-0.4, -0.2) is 60.9 Å². The van der Waals surface area contributed by atoms with E-state index in [0.717, 1.165) is 75.3 Å². The summed E-state index contributed by atoms with van der Waals surface area (Å²) in [7, 11) is 0. The summed E-state index contributed by atoms with van der Waals surface area (Å²) in [5, 5.41) is 8.25. The third-order valence-electron chi connectivity index (χ3n) is 9.45. The van der Waals surface area contributed by atoms with Gasteiger partial charge in [-0.3, -0.25) is 0 Å². The molecule has 43 heavy (non-hydrogen) atoms. The molecule has 3 aromatic rings. The van der Waals surface area contributed by atoms with Gasteiger partial charge in [0.15, 0.2) is 5.11 Å². The molecule has 2 saturated heterocycles. The summed E-state index contributed by atoms with van der Waals surface area (Å²) in [6.07, 6.45) is 5.98. The normalized spacial score (nSPS) is 22.0. The highest BCUT2D eigenvalue weighted by molar-refractivity contribution is 7.80. The molecule has 0 bridgehead atoms. The molecular formula is C34H44ClN7S. The zero-order chi connectivity index (χ0) is 29.8. The zero-order valence-electron chi connectivity index (χ0n) is 25.4. The van der Waals surface area contributed by atoms with Gasteiger partial charge in [-0.05, 0) is 73.1 Å². The lowest BCUT2D eigenvalue weighted by atomic mass is 9.79. The SMILES string of the molecule is C[C@@H]1C[C@@H](C)CN(c2cc(N3CCN(c4ccccc4)CC3)nc(NC(=S)NCC3(c4ccc(Cl)cc4)CCCC3)n2)C1. The van der Waals surface area contributed by atoms with Crippen molar-refractivity contribution in [1.29, 1.82) is 0 Å². The highest BCUT2D eigenvalue weighted by atomic mass is 35.5. The van der Waals surface area contributed by atoms with Crippen LogP contribution in [0.25, 0.3) is 0 Å². The molecule has 1 aromatic heterocycles. The van der Waals surface area contributed by atoms with Crippen molar-refractivity contribution in [2.24, 2.45) is 11.8 Å². The van der Waals surface area contributed by atoms with Gasteiger partial charge in [-0.1, -0.05) is 68.6 Å². The van der Waals surface area contributed by atoms with Crippen molar-refractivity contribution in [3.05, 3.63) is 71.2 Å². The van der Waals surface area contributed by atoms with E-state index in [4.69, 9.17) is 33.8 Å². The minimum absolute atomic E-state index is 0.0582. The van der Waals surface area contributed by atoms with Gasteiger partial charge in [0.2, 0.25) is 5.95 Å². The molecule has 1 aliphatic carbocycles. The highest BCUT2D eigenvalue weighted by Crippen LogP contribution is 2.41. The second-order valence-corrected chi connectivity index (χ2v) is 13.7. The first-order valence-corrected chi connectivity index (χ1v) is 16.7. The van der Waals surface area contributed by atoms with Crippen molar-refractivity contribution >= 4 is 52.2 Å². The predicted octanol–water partition coefficient (Wildman–Crippen LogP) is 6.74. The maximum atomic E-state index is 6.20. The van der Waals surface area contributed by atoms with E-state index in [2.05, 4.69) is 87.7 Å². The number of nitrogens with one attached hydrogen (secondary N) is 2. The number of anilines is 4. The summed E-state index contributed by atoms with van der Waals surface area (Å²) in [6.45, 7) is 11.2. The molecule has 2 N–H and O–H groups in total. The molecule has 2 atom stereocenters. The van der Waals surface area contributed by atoms with Crippen molar-refractivity contribution in [2.75, 3.05) is 65.8 Å². The number of hydrogen-bond donors (Lipinski definition) is 2. The van der Waals surface area contributed by atoms with Crippen LogP contribution in [0.15, 0.2) is 60.7 Å². The van der Waals surface area contributed by atoms with Crippen molar-refractivity contribution in [3.8, 4) is 0 Å². The Kier molecular flexibility index (Phi) is 9.24. The van der Waals surface area contributed by atoms with Crippen LogP contribution in [0.1, 0.15) is 51.5 Å². The Labute approximate surface area is 267 Å². The topological polar surface area (TPSA) is 59.6 Å². The maximum absolute atomic E-state index is 6.20. The van der Waals surface area contributed by atoms with Crippen LogP contribution in [0.3, 0.4) is 0 Å². The molecule has 2 aromatic carbocycles. The van der Waals surface area contributed by atoms with E-state index in [1.54, 1.807) is 0 Å². The molecule has 1 saturated carbocycles. The summed E-state index contributed by atoms with van der Waals surface area (Å²) in [5.74, 6) is 3.76. The van der Waals surface area contributed by atoms with Gasteiger partial charge < -0.3 is 25.3 Å². The minimum Gasteiger partial charge on any atom is -0.368 e. The van der Waals surface area contributed by atoms with Crippen LogP contribution < -0.4 is 25.3 Å². The monoisotopic (exact) mass is 617 g/mol. The molecule has 3 aliphatic rings. The molecule has 0 spiro atoms. The van der Waals surface area contributed by atoms with Gasteiger partial charge in [0.05, 0.1) is 0 Å². The summed E-state index contributed by atoms with van der Waals surface area (Å²) in [5.41, 5.74) is 2.66. The van der Waals surface area contributed by atoms with Gasteiger partial charge in [-0.25, -0.2) is 0 Å². The molecule has 0 unspecified atom stereocenters. The Hall–Kier alpha value is -3.10. The number of hydrogen-bond acceptors (Lipinski definition) is 6. The minimum atomic E-state index is 0.0582. The number of aromatic nitrogens is 2. The number of rotatable bonds is 7. The quantitative estimate of drug-likeness (QED) is 0.283. The first kappa shape index (κ1) is 29.9. The second-order valence-electron chi connectivity index (χ2n) is 12.9. The third kappa shape index (κ3) is 7.18. The van der Waals surface area contributed by atoms with E-state index < -0.39 is 0 Å². The fraction of sp³-hybridized carbons (Fsp3) is 0.500. The maximum Gasteiger partial charge on any atom is 0.232 e. The molecule has 0 radical (unpaired) electrons. The van der Waals surface area contributed by atoms with E-state index in [9.17, 15) is 0 Å². The molecule has 7 nitrogen and oxygen atoms in total. The molecule has 2 aliphatic heterocycles. The Morgan fingerprint density at radius 3 is 2.12 bits per heavy atom. The number of nitrogens with zero attached hydrogens (tertiary/aromatic N) is 5. The molecule has 0 amide bonds. The van der Waals surface area contributed by atoms with E-state index >= 15 is 0 Å². The van der Waals surface area contributed by atoms with Gasteiger partial charge in [-0.2, -0.15) is 9.97 Å². The summed E-state index contributed by atoms with van der Waals surface area (Å²) in [6, 6.07) is 21.2. The third-order valence-corrected chi connectivity index (χ3v) is 9.95. The Bertz CT molecular complexity index is 1360. The zero-order valence-corrected chi connectivity index (χ0v) is 27.0. The van der Waals surface area contributed by atoms with Crippen LogP contribution in [0, 0.1) is 11.8 Å². The van der Waals surface area contributed by atoms with E-state index in [-0.39, 0.29) is 5.41 Å². The fourth-order valence-electron chi connectivity index (χ4n) is 7.30. The smallest absolute Gasteiger partial charge is 0.232 e. The van der Waals surface area contributed by atoms with Crippen LogP contribution >= 0.6 is 23.8 Å². The number of benzene rings is 2. The Morgan fingerprint density at radius 1 is 0.860 bits per heavy atom. The lowest BCUT2D eigenvalue weighted by Crippen LogP contribution is -2.47. The van der Waals surface area contributed by atoms with Crippen molar-refractivity contribution < 1.29 is 0 Å². The van der Waals surface area contributed by atoms with Crippen molar-refractivity contribution in [2.45, 2.75) is 51.4 Å². The molecule has 3 fully saturated rings. The summed E-state index contributed by atoms with van der Waals surface area (Å²) < 4.78 is 0. The first-order valence-electron chi connectivity index (χ1n) is 15.9. The van der Waals surface area contributed by atoms with Crippen molar-refractivity contribution in [3.63, 3.8) is 0 Å². The lowest BCUT2D eigenvalue weighted by Gasteiger charge is -2.38. The average molecular weight is 618 g/mol. The lowest BCUT2D eigenvalue weighted by molar-refractivity contribution is 0.355. The van der Waals surface area contributed by atoms with Crippen LogP contribution in [0.4, 0.5) is 23.3 Å².